The molecule has 6 nitrogen and oxygen atoms in total. The molecule has 2 aliphatic heterocycles. The van der Waals surface area contributed by atoms with Gasteiger partial charge in [-0.15, -0.1) is 0 Å². The summed E-state index contributed by atoms with van der Waals surface area (Å²) < 4.78 is 5.52. The van der Waals surface area contributed by atoms with Gasteiger partial charge in [0.1, 0.15) is 5.75 Å². The van der Waals surface area contributed by atoms with Crippen LogP contribution in [0.15, 0.2) is 36.4 Å². The largest absolute Gasteiger partial charge is 0.495 e. The van der Waals surface area contributed by atoms with Crippen molar-refractivity contribution < 1.29 is 14.3 Å². The number of hydrogen-bond donors (Lipinski definition) is 1. The van der Waals surface area contributed by atoms with E-state index in [4.69, 9.17) is 4.74 Å². The summed E-state index contributed by atoms with van der Waals surface area (Å²) in [6.07, 6.45) is 2.84. The van der Waals surface area contributed by atoms with Crippen LogP contribution in [0.3, 0.4) is 0 Å². The van der Waals surface area contributed by atoms with Gasteiger partial charge in [0.25, 0.3) is 0 Å². The average Bonchev–Trinajstić information content (AvgIpc) is 3.11. The van der Waals surface area contributed by atoms with E-state index in [0.29, 0.717) is 6.54 Å². The van der Waals surface area contributed by atoms with E-state index in [9.17, 15) is 9.59 Å². The molecular weight excluding hydrogens is 354 g/mol. The molecule has 2 heterocycles. The number of amides is 2. The van der Waals surface area contributed by atoms with Gasteiger partial charge in [0.15, 0.2) is 0 Å². The second kappa shape index (κ2) is 7.54. The van der Waals surface area contributed by atoms with Gasteiger partial charge in [0.2, 0.25) is 11.8 Å². The normalized spacial score (nSPS) is 15.1. The number of carbonyl (C=O) groups is 2. The molecule has 146 valence electrons. The first-order valence-corrected chi connectivity index (χ1v) is 9.68. The maximum atomic E-state index is 12.7. The number of para-hydroxylation sites is 1. The Morgan fingerprint density at radius 1 is 1.11 bits per heavy atom. The predicted octanol–water partition coefficient (Wildman–Crippen LogP) is 3.00. The maximum absolute atomic E-state index is 12.7. The zero-order valence-electron chi connectivity index (χ0n) is 16.3. The van der Waals surface area contributed by atoms with E-state index in [0.717, 1.165) is 54.2 Å². The fourth-order valence-electron chi connectivity index (χ4n) is 4.20. The molecule has 28 heavy (non-hydrogen) atoms. The lowest BCUT2D eigenvalue weighted by Gasteiger charge is -2.32. The molecule has 0 fully saturated rings. The number of benzene rings is 2. The summed E-state index contributed by atoms with van der Waals surface area (Å²) in [4.78, 5) is 28.3. The van der Waals surface area contributed by atoms with Gasteiger partial charge in [-0.3, -0.25) is 9.59 Å². The van der Waals surface area contributed by atoms with Crippen LogP contribution >= 0.6 is 0 Å². The Labute approximate surface area is 165 Å². The van der Waals surface area contributed by atoms with Crippen LogP contribution in [0.5, 0.6) is 5.75 Å². The van der Waals surface area contributed by atoms with E-state index >= 15 is 0 Å². The molecule has 0 radical (unpaired) electrons. The fraction of sp³-hybridized carbons (Fsp3) is 0.364. The minimum Gasteiger partial charge on any atom is -0.495 e. The summed E-state index contributed by atoms with van der Waals surface area (Å²) in [6, 6.07) is 11.8. The Hall–Kier alpha value is -3.02. The van der Waals surface area contributed by atoms with Gasteiger partial charge in [0.05, 0.1) is 19.3 Å². The number of rotatable bonds is 4. The van der Waals surface area contributed by atoms with E-state index in [2.05, 4.69) is 16.3 Å². The van der Waals surface area contributed by atoms with Gasteiger partial charge in [0, 0.05) is 31.4 Å². The summed E-state index contributed by atoms with van der Waals surface area (Å²) in [5, 5.41) is 3.01. The Balaban J connectivity index is 1.48. The SMILES string of the molecule is COc1cccc2c1N(CC(=O)Nc1ccc3c(c1)CCN3C(C)=O)CCC2. The minimum absolute atomic E-state index is 0.0493. The summed E-state index contributed by atoms with van der Waals surface area (Å²) in [5.41, 5.74) is 5.06. The smallest absolute Gasteiger partial charge is 0.243 e. The molecule has 0 saturated heterocycles. The first kappa shape index (κ1) is 18.3. The van der Waals surface area contributed by atoms with Gasteiger partial charge in [-0.2, -0.15) is 0 Å². The molecule has 0 unspecified atom stereocenters. The van der Waals surface area contributed by atoms with Crippen molar-refractivity contribution in [2.24, 2.45) is 0 Å². The van der Waals surface area contributed by atoms with Crippen LogP contribution in [0.2, 0.25) is 0 Å². The monoisotopic (exact) mass is 379 g/mol. The van der Waals surface area contributed by atoms with Crippen molar-refractivity contribution in [3.05, 3.63) is 47.5 Å². The molecule has 6 heteroatoms. The number of aryl methyl sites for hydroxylation is 1. The molecule has 0 saturated carbocycles. The first-order chi connectivity index (χ1) is 13.6. The number of hydrogen-bond acceptors (Lipinski definition) is 4. The van der Waals surface area contributed by atoms with E-state index < -0.39 is 0 Å². The third kappa shape index (κ3) is 3.42. The molecule has 0 atom stereocenters. The van der Waals surface area contributed by atoms with Crippen molar-refractivity contribution in [3.63, 3.8) is 0 Å². The highest BCUT2D eigenvalue weighted by Gasteiger charge is 2.24. The zero-order valence-corrected chi connectivity index (χ0v) is 16.3. The van der Waals surface area contributed by atoms with Crippen LogP contribution in [0.1, 0.15) is 24.5 Å². The van der Waals surface area contributed by atoms with Gasteiger partial charge in [-0.05, 0) is 54.7 Å². The van der Waals surface area contributed by atoms with Crippen molar-refractivity contribution in [2.45, 2.75) is 26.2 Å². The number of nitrogens with zero attached hydrogens (tertiary/aromatic N) is 2. The molecule has 2 aromatic carbocycles. The highest BCUT2D eigenvalue weighted by molar-refractivity contribution is 5.97. The number of methoxy groups -OCH3 is 1. The lowest BCUT2D eigenvalue weighted by atomic mass is 10.0. The van der Waals surface area contributed by atoms with E-state index in [1.165, 1.54) is 5.56 Å². The van der Waals surface area contributed by atoms with Gasteiger partial charge >= 0.3 is 0 Å². The number of nitrogens with one attached hydrogen (secondary N) is 1. The standard InChI is InChI=1S/C22H25N3O3/c1-15(26)25-12-10-17-13-18(8-9-19(17)25)23-21(27)14-24-11-4-6-16-5-3-7-20(28-2)22(16)24/h3,5,7-9,13H,4,6,10-12,14H2,1-2H3,(H,23,27). The average molecular weight is 379 g/mol. The van der Waals surface area contributed by atoms with Crippen LogP contribution in [0.25, 0.3) is 0 Å². The third-order valence-corrected chi connectivity index (χ3v) is 5.47. The van der Waals surface area contributed by atoms with Gasteiger partial charge in [-0.1, -0.05) is 12.1 Å². The third-order valence-electron chi connectivity index (χ3n) is 5.47. The molecular formula is C22H25N3O3. The van der Waals surface area contributed by atoms with Crippen LogP contribution in [-0.2, 0) is 22.4 Å². The second-order valence-corrected chi connectivity index (χ2v) is 7.31. The van der Waals surface area contributed by atoms with Crippen molar-refractivity contribution in [1.29, 1.82) is 0 Å². The zero-order chi connectivity index (χ0) is 19.7. The highest BCUT2D eigenvalue weighted by atomic mass is 16.5. The Kier molecular flexibility index (Phi) is 4.94. The molecule has 2 aromatic rings. The predicted molar refractivity (Wildman–Crippen MR) is 110 cm³/mol. The number of fused-ring (bicyclic) bond motifs is 2. The molecule has 4 rings (SSSR count). The Morgan fingerprint density at radius 3 is 2.75 bits per heavy atom. The quantitative estimate of drug-likeness (QED) is 0.887. The number of carbonyl (C=O) groups excluding carboxylic acids is 2. The topological polar surface area (TPSA) is 61.9 Å². The Morgan fingerprint density at radius 2 is 1.96 bits per heavy atom. The van der Waals surface area contributed by atoms with Gasteiger partial charge in [-0.25, -0.2) is 0 Å². The molecule has 0 aliphatic carbocycles. The van der Waals surface area contributed by atoms with Crippen molar-refractivity contribution >= 4 is 28.9 Å². The minimum atomic E-state index is -0.0554. The number of ether oxygens (including phenoxy) is 1. The fourth-order valence-corrected chi connectivity index (χ4v) is 4.20. The van der Waals surface area contributed by atoms with Crippen LogP contribution in [0.4, 0.5) is 17.1 Å². The van der Waals surface area contributed by atoms with E-state index in [1.807, 2.05) is 30.3 Å². The van der Waals surface area contributed by atoms with Crippen LogP contribution in [-0.4, -0.2) is 38.6 Å². The summed E-state index contributed by atoms with van der Waals surface area (Å²) in [6.45, 7) is 3.39. The second-order valence-electron chi connectivity index (χ2n) is 7.31. The molecule has 1 N–H and O–H groups in total. The molecule has 0 spiro atoms. The van der Waals surface area contributed by atoms with Crippen LogP contribution < -0.4 is 19.9 Å². The molecule has 0 bridgehead atoms. The maximum Gasteiger partial charge on any atom is 0.243 e. The molecule has 2 aliphatic rings. The lowest BCUT2D eigenvalue weighted by molar-refractivity contribution is -0.116. The number of anilines is 3. The summed E-state index contributed by atoms with van der Waals surface area (Å²) in [5.74, 6) is 0.806. The van der Waals surface area contributed by atoms with Gasteiger partial charge < -0.3 is 19.9 Å². The summed E-state index contributed by atoms with van der Waals surface area (Å²) >= 11 is 0. The van der Waals surface area contributed by atoms with Crippen LogP contribution in [0, 0.1) is 0 Å². The van der Waals surface area contributed by atoms with Crippen molar-refractivity contribution in [2.75, 3.05) is 41.9 Å². The Bertz CT molecular complexity index is 911. The molecule has 0 aromatic heterocycles. The van der Waals surface area contributed by atoms with E-state index in [-0.39, 0.29) is 18.4 Å². The first-order valence-electron chi connectivity index (χ1n) is 9.68. The molecule has 2 amide bonds. The lowest BCUT2D eigenvalue weighted by Crippen LogP contribution is -2.37. The van der Waals surface area contributed by atoms with E-state index in [1.54, 1.807) is 18.9 Å². The highest BCUT2D eigenvalue weighted by Crippen LogP contribution is 2.36. The van der Waals surface area contributed by atoms with Crippen molar-refractivity contribution in [3.8, 4) is 5.75 Å². The summed E-state index contributed by atoms with van der Waals surface area (Å²) in [7, 11) is 1.66. The van der Waals surface area contributed by atoms with Crippen molar-refractivity contribution in [1.82, 2.24) is 0 Å².